The molecule has 1 saturated carbocycles. The molecule has 0 aromatic carbocycles. The molecule has 0 radical (unpaired) electrons. The Hall–Kier alpha value is -2.70. The van der Waals surface area contributed by atoms with E-state index in [9.17, 15) is 4.79 Å². The average molecular weight is 337 g/mol. The van der Waals surface area contributed by atoms with E-state index in [1.54, 1.807) is 0 Å². The minimum atomic E-state index is -0.00798. The number of aromatic nitrogens is 4. The van der Waals surface area contributed by atoms with Crippen molar-refractivity contribution >= 4 is 11.6 Å². The summed E-state index contributed by atoms with van der Waals surface area (Å²) in [7, 11) is 0. The lowest BCUT2D eigenvalue weighted by Gasteiger charge is -2.23. The summed E-state index contributed by atoms with van der Waals surface area (Å²) >= 11 is 0. The summed E-state index contributed by atoms with van der Waals surface area (Å²) < 4.78 is 7.39. The van der Waals surface area contributed by atoms with Gasteiger partial charge in [0, 0.05) is 31.4 Å². The number of pyridine rings is 1. The average Bonchev–Trinajstić information content (AvgIpc) is 3.39. The smallest absolute Gasteiger partial charge is 0.232 e. The third-order valence-electron chi connectivity index (χ3n) is 5.31. The van der Waals surface area contributed by atoms with Crippen molar-refractivity contribution in [1.82, 2.24) is 24.4 Å². The number of hydrogen-bond acceptors (Lipinski definition) is 5. The Morgan fingerprint density at radius 2 is 2.04 bits per heavy atom. The van der Waals surface area contributed by atoms with Gasteiger partial charge in [0.2, 0.25) is 17.6 Å². The summed E-state index contributed by atoms with van der Waals surface area (Å²) in [6, 6.07) is 6.22. The van der Waals surface area contributed by atoms with E-state index in [0.717, 1.165) is 18.5 Å². The fourth-order valence-electron chi connectivity index (χ4n) is 4.01. The van der Waals surface area contributed by atoms with Crippen molar-refractivity contribution in [3.05, 3.63) is 36.5 Å². The van der Waals surface area contributed by atoms with E-state index in [0.29, 0.717) is 36.4 Å². The van der Waals surface area contributed by atoms with Crippen LogP contribution >= 0.6 is 0 Å². The maximum Gasteiger partial charge on any atom is 0.232 e. The van der Waals surface area contributed by atoms with Crippen LogP contribution < -0.4 is 0 Å². The van der Waals surface area contributed by atoms with E-state index < -0.39 is 0 Å². The Morgan fingerprint density at radius 1 is 1.16 bits per heavy atom. The van der Waals surface area contributed by atoms with E-state index in [4.69, 9.17) is 4.52 Å². The van der Waals surface area contributed by atoms with Gasteiger partial charge in [-0.1, -0.05) is 24.1 Å². The molecule has 1 unspecified atom stereocenters. The predicted octanol–water partition coefficient (Wildman–Crippen LogP) is 2.64. The van der Waals surface area contributed by atoms with Gasteiger partial charge in [0.15, 0.2) is 0 Å². The molecule has 1 aliphatic heterocycles. The fraction of sp³-hybridized carbons (Fsp3) is 0.444. The highest BCUT2D eigenvalue weighted by Gasteiger charge is 2.38. The Balaban J connectivity index is 1.38. The van der Waals surface area contributed by atoms with Crippen molar-refractivity contribution in [3.8, 4) is 11.5 Å². The first-order valence-corrected chi connectivity index (χ1v) is 8.85. The van der Waals surface area contributed by atoms with Gasteiger partial charge in [0.05, 0.1) is 5.92 Å². The van der Waals surface area contributed by atoms with Crippen LogP contribution in [0, 0.1) is 0 Å². The lowest BCUT2D eigenvalue weighted by molar-refractivity contribution is -0.129. The maximum atomic E-state index is 12.4. The number of amides is 1. The molecule has 1 aliphatic carbocycles. The van der Waals surface area contributed by atoms with Crippen LogP contribution in [-0.2, 0) is 4.79 Å². The lowest BCUT2D eigenvalue weighted by atomic mass is 10.1. The zero-order valence-electron chi connectivity index (χ0n) is 13.8. The maximum absolute atomic E-state index is 12.4. The first kappa shape index (κ1) is 14.6. The van der Waals surface area contributed by atoms with Gasteiger partial charge in [-0.15, -0.1) is 0 Å². The highest BCUT2D eigenvalue weighted by Crippen LogP contribution is 2.34. The number of carbonyl (C=O) groups excluding carboxylic acids is 1. The van der Waals surface area contributed by atoms with Gasteiger partial charge in [-0.25, -0.2) is 4.98 Å². The molecule has 5 rings (SSSR count). The molecule has 3 aromatic rings. The van der Waals surface area contributed by atoms with Crippen LogP contribution in [0.25, 0.3) is 17.2 Å². The molecule has 25 heavy (non-hydrogen) atoms. The molecule has 128 valence electrons. The van der Waals surface area contributed by atoms with Gasteiger partial charge in [-0.05, 0) is 25.0 Å². The number of rotatable bonds is 3. The van der Waals surface area contributed by atoms with Crippen LogP contribution in [0.5, 0.6) is 0 Å². The third-order valence-corrected chi connectivity index (χ3v) is 5.31. The van der Waals surface area contributed by atoms with Gasteiger partial charge in [0.25, 0.3) is 0 Å². The van der Waals surface area contributed by atoms with E-state index in [1.165, 1.54) is 12.8 Å². The second kappa shape index (κ2) is 5.68. The second-order valence-corrected chi connectivity index (χ2v) is 6.93. The highest BCUT2D eigenvalue weighted by molar-refractivity contribution is 5.80. The number of carbonyl (C=O) groups is 1. The molecule has 0 N–H and O–H groups in total. The molecule has 2 aliphatic rings. The fourth-order valence-corrected chi connectivity index (χ4v) is 4.01. The predicted molar refractivity (Wildman–Crippen MR) is 89.8 cm³/mol. The highest BCUT2D eigenvalue weighted by atomic mass is 16.5. The van der Waals surface area contributed by atoms with Crippen LogP contribution in [0.1, 0.15) is 43.9 Å². The first-order chi connectivity index (χ1) is 12.3. The molecule has 7 nitrogen and oxygen atoms in total. The Morgan fingerprint density at radius 3 is 2.88 bits per heavy atom. The minimum absolute atomic E-state index is 0.00798. The van der Waals surface area contributed by atoms with Gasteiger partial charge in [-0.3, -0.25) is 4.79 Å². The standard InChI is InChI=1S/C18H19N5O2/c24-16-9-12(10-23(16)13-5-1-2-6-13)18-20-17(21-25-18)14-11-22-8-4-3-7-15(22)19-14/h3-4,7-8,11-13H,1-2,5-6,9-10H2. The number of hydrogen-bond donors (Lipinski definition) is 0. The summed E-state index contributed by atoms with van der Waals surface area (Å²) in [6.07, 6.45) is 8.96. The Labute approximate surface area is 144 Å². The van der Waals surface area contributed by atoms with Crippen molar-refractivity contribution in [2.45, 2.75) is 44.1 Å². The second-order valence-electron chi connectivity index (χ2n) is 6.93. The molecule has 2 fully saturated rings. The van der Waals surface area contributed by atoms with Crippen molar-refractivity contribution in [1.29, 1.82) is 0 Å². The van der Waals surface area contributed by atoms with E-state index in [2.05, 4.69) is 15.1 Å². The van der Waals surface area contributed by atoms with Crippen molar-refractivity contribution in [3.63, 3.8) is 0 Å². The number of fused-ring (bicyclic) bond motifs is 1. The summed E-state index contributed by atoms with van der Waals surface area (Å²) in [5.41, 5.74) is 1.52. The van der Waals surface area contributed by atoms with Gasteiger partial charge in [-0.2, -0.15) is 4.98 Å². The summed E-state index contributed by atoms with van der Waals surface area (Å²) in [6.45, 7) is 0.691. The molecule has 1 saturated heterocycles. The molecule has 4 heterocycles. The van der Waals surface area contributed by atoms with Crippen molar-refractivity contribution in [2.24, 2.45) is 0 Å². The molecule has 1 atom stereocenters. The van der Waals surface area contributed by atoms with Crippen LogP contribution in [0.2, 0.25) is 0 Å². The summed E-state index contributed by atoms with van der Waals surface area (Å²) in [5.74, 6) is 1.22. The zero-order chi connectivity index (χ0) is 16.8. The van der Waals surface area contributed by atoms with Gasteiger partial charge >= 0.3 is 0 Å². The van der Waals surface area contributed by atoms with Gasteiger partial charge in [0.1, 0.15) is 11.3 Å². The van der Waals surface area contributed by atoms with Gasteiger partial charge < -0.3 is 13.8 Å². The first-order valence-electron chi connectivity index (χ1n) is 8.85. The minimum Gasteiger partial charge on any atom is -0.339 e. The number of imidazole rings is 1. The molecule has 7 heteroatoms. The van der Waals surface area contributed by atoms with Crippen molar-refractivity contribution < 1.29 is 9.32 Å². The van der Waals surface area contributed by atoms with E-state index >= 15 is 0 Å². The Bertz CT molecular complexity index is 891. The van der Waals surface area contributed by atoms with Crippen LogP contribution in [0.3, 0.4) is 0 Å². The van der Waals surface area contributed by atoms with Crippen molar-refractivity contribution in [2.75, 3.05) is 6.54 Å². The number of nitrogens with zero attached hydrogens (tertiary/aromatic N) is 5. The SMILES string of the molecule is O=C1CC(c2nc(-c3cn4ccccc4n3)no2)CN1C1CCCC1. The summed E-state index contributed by atoms with van der Waals surface area (Å²) in [4.78, 5) is 23.4. The van der Waals surface area contributed by atoms with E-state index in [1.807, 2.05) is 39.9 Å². The molecule has 3 aromatic heterocycles. The lowest BCUT2D eigenvalue weighted by Crippen LogP contribution is -2.34. The molecule has 0 bridgehead atoms. The largest absolute Gasteiger partial charge is 0.339 e. The molecule has 1 amide bonds. The molecular formula is C18H19N5O2. The van der Waals surface area contributed by atoms with Crippen LogP contribution in [0.4, 0.5) is 0 Å². The molecular weight excluding hydrogens is 318 g/mol. The quantitative estimate of drug-likeness (QED) is 0.734. The van der Waals surface area contributed by atoms with E-state index in [-0.39, 0.29) is 11.8 Å². The Kier molecular flexibility index (Phi) is 3.33. The zero-order valence-corrected chi connectivity index (χ0v) is 13.8. The third kappa shape index (κ3) is 2.50. The van der Waals surface area contributed by atoms with Crippen LogP contribution in [0.15, 0.2) is 35.1 Å². The summed E-state index contributed by atoms with van der Waals surface area (Å²) in [5, 5.41) is 4.08. The van der Waals surface area contributed by atoms with Crippen LogP contribution in [-0.4, -0.2) is 42.9 Å². The monoisotopic (exact) mass is 337 g/mol. The molecule has 0 spiro atoms. The normalized spacial score (nSPS) is 21.7. The topological polar surface area (TPSA) is 76.5 Å². The number of likely N-dealkylation sites (tertiary alicyclic amines) is 1.